The molecule has 0 amide bonds. The number of thioether (sulfide) groups is 1. The summed E-state index contributed by atoms with van der Waals surface area (Å²) < 4.78 is 10.8. The first-order valence-electron chi connectivity index (χ1n) is 7.04. The van der Waals surface area contributed by atoms with Crippen LogP contribution in [0.1, 0.15) is 32.4 Å². The normalized spacial score (nSPS) is 14.2. The zero-order valence-electron chi connectivity index (χ0n) is 13.4. The van der Waals surface area contributed by atoms with Crippen LogP contribution in [0, 0.1) is 5.92 Å². The summed E-state index contributed by atoms with van der Waals surface area (Å²) in [5.41, 5.74) is 1.15. The Morgan fingerprint density at radius 2 is 1.85 bits per heavy atom. The Labute approximate surface area is 127 Å². The van der Waals surface area contributed by atoms with Crippen LogP contribution >= 0.6 is 11.8 Å². The molecule has 4 heteroatoms. The molecule has 114 valence electrons. The average Bonchev–Trinajstić information content (AvgIpc) is 2.47. The first-order chi connectivity index (χ1) is 9.53. The smallest absolute Gasteiger partial charge is 0.123 e. The van der Waals surface area contributed by atoms with Gasteiger partial charge in [-0.05, 0) is 31.2 Å². The lowest BCUT2D eigenvalue weighted by molar-refractivity contribution is 0.394. The van der Waals surface area contributed by atoms with Crippen molar-refractivity contribution >= 4 is 11.8 Å². The van der Waals surface area contributed by atoms with Crippen molar-refractivity contribution in [3.63, 3.8) is 0 Å². The molecule has 0 aliphatic heterocycles. The number of nitrogens with one attached hydrogen (secondary N) is 1. The fourth-order valence-corrected chi connectivity index (χ4v) is 3.11. The number of ether oxygens (including phenoxy) is 2. The Balaban J connectivity index is 2.87. The van der Waals surface area contributed by atoms with Crippen LogP contribution in [0.4, 0.5) is 0 Å². The van der Waals surface area contributed by atoms with Gasteiger partial charge in [-0.1, -0.05) is 20.8 Å². The van der Waals surface area contributed by atoms with Crippen LogP contribution in [-0.2, 0) is 0 Å². The Hall–Kier alpha value is -0.870. The summed E-state index contributed by atoms with van der Waals surface area (Å²) in [4.78, 5) is 0. The molecule has 3 nitrogen and oxygen atoms in total. The van der Waals surface area contributed by atoms with Gasteiger partial charge in [0.15, 0.2) is 0 Å². The fourth-order valence-electron chi connectivity index (χ4n) is 1.88. The molecular weight excluding hydrogens is 270 g/mol. The lowest BCUT2D eigenvalue weighted by Gasteiger charge is -2.23. The maximum Gasteiger partial charge on any atom is 0.123 e. The van der Waals surface area contributed by atoms with E-state index in [9.17, 15) is 0 Å². The molecule has 0 saturated carbocycles. The Morgan fingerprint density at radius 3 is 2.35 bits per heavy atom. The van der Waals surface area contributed by atoms with Crippen molar-refractivity contribution in [1.82, 2.24) is 5.32 Å². The summed E-state index contributed by atoms with van der Waals surface area (Å²) in [6.07, 6.45) is 0. The average molecular weight is 297 g/mol. The van der Waals surface area contributed by atoms with E-state index in [4.69, 9.17) is 9.47 Å². The second-order valence-electron chi connectivity index (χ2n) is 5.23. The third-order valence-corrected chi connectivity index (χ3v) is 5.22. The van der Waals surface area contributed by atoms with E-state index in [1.807, 2.05) is 30.9 Å². The van der Waals surface area contributed by atoms with Crippen molar-refractivity contribution in [3.8, 4) is 11.5 Å². The standard InChI is InChI=1S/C16H27NO2S/c1-11(2)12(3)20-10-15(17-4)14-9-13(18-5)7-8-16(14)19-6/h7-9,11-12,15,17H,10H2,1-6H3. The van der Waals surface area contributed by atoms with Gasteiger partial charge < -0.3 is 14.8 Å². The molecule has 1 N–H and O–H groups in total. The van der Waals surface area contributed by atoms with E-state index in [1.165, 1.54) is 0 Å². The Bertz CT molecular complexity index is 409. The summed E-state index contributed by atoms with van der Waals surface area (Å²) in [5, 5.41) is 4.02. The molecule has 0 heterocycles. The first kappa shape index (κ1) is 17.2. The molecule has 0 aliphatic rings. The van der Waals surface area contributed by atoms with Crippen molar-refractivity contribution in [2.75, 3.05) is 27.0 Å². The van der Waals surface area contributed by atoms with Crippen molar-refractivity contribution in [2.45, 2.75) is 32.1 Å². The van der Waals surface area contributed by atoms with E-state index < -0.39 is 0 Å². The molecule has 0 saturated heterocycles. The van der Waals surface area contributed by atoms with Crippen LogP contribution in [0.3, 0.4) is 0 Å². The number of methoxy groups -OCH3 is 2. The lowest BCUT2D eigenvalue weighted by atomic mass is 10.1. The highest BCUT2D eigenvalue weighted by molar-refractivity contribution is 7.99. The van der Waals surface area contributed by atoms with Gasteiger partial charge >= 0.3 is 0 Å². The molecule has 0 aliphatic carbocycles. The number of rotatable bonds is 8. The van der Waals surface area contributed by atoms with Gasteiger partial charge in [-0.2, -0.15) is 11.8 Å². The molecule has 20 heavy (non-hydrogen) atoms. The van der Waals surface area contributed by atoms with Crippen LogP contribution in [0.15, 0.2) is 18.2 Å². The molecule has 0 aromatic heterocycles. The van der Waals surface area contributed by atoms with Crippen LogP contribution in [0.2, 0.25) is 0 Å². The van der Waals surface area contributed by atoms with E-state index in [1.54, 1.807) is 14.2 Å². The summed E-state index contributed by atoms with van der Waals surface area (Å²) in [6.45, 7) is 6.81. The number of hydrogen-bond acceptors (Lipinski definition) is 4. The topological polar surface area (TPSA) is 30.5 Å². The van der Waals surface area contributed by atoms with E-state index in [0.29, 0.717) is 11.2 Å². The first-order valence-corrected chi connectivity index (χ1v) is 8.09. The largest absolute Gasteiger partial charge is 0.497 e. The second kappa shape index (κ2) is 8.42. The molecule has 0 fully saturated rings. The minimum absolute atomic E-state index is 0.256. The zero-order valence-corrected chi connectivity index (χ0v) is 14.2. The van der Waals surface area contributed by atoms with Gasteiger partial charge in [0, 0.05) is 22.6 Å². The van der Waals surface area contributed by atoms with E-state index in [2.05, 4.69) is 32.2 Å². The van der Waals surface area contributed by atoms with Gasteiger partial charge in [0.1, 0.15) is 11.5 Å². The fraction of sp³-hybridized carbons (Fsp3) is 0.625. The monoisotopic (exact) mass is 297 g/mol. The third-order valence-electron chi connectivity index (χ3n) is 3.63. The predicted octanol–water partition coefficient (Wildman–Crippen LogP) is 3.74. The molecule has 1 aromatic carbocycles. The molecule has 0 radical (unpaired) electrons. The second-order valence-corrected chi connectivity index (χ2v) is 6.64. The van der Waals surface area contributed by atoms with E-state index in [0.717, 1.165) is 22.8 Å². The molecular formula is C16H27NO2S. The van der Waals surface area contributed by atoms with Gasteiger partial charge in [0.25, 0.3) is 0 Å². The molecule has 1 aromatic rings. The molecule has 0 bridgehead atoms. The molecule has 0 spiro atoms. The molecule has 2 unspecified atom stereocenters. The number of hydrogen-bond donors (Lipinski definition) is 1. The van der Waals surface area contributed by atoms with Crippen LogP contribution in [0.5, 0.6) is 11.5 Å². The van der Waals surface area contributed by atoms with Crippen molar-refractivity contribution in [3.05, 3.63) is 23.8 Å². The van der Waals surface area contributed by atoms with Gasteiger partial charge in [0.2, 0.25) is 0 Å². The van der Waals surface area contributed by atoms with Crippen molar-refractivity contribution in [1.29, 1.82) is 0 Å². The quantitative estimate of drug-likeness (QED) is 0.792. The maximum atomic E-state index is 5.48. The molecule has 1 rings (SSSR count). The van der Waals surface area contributed by atoms with Crippen molar-refractivity contribution < 1.29 is 9.47 Å². The Morgan fingerprint density at radius 1 is 1.15 bits per heavy atom. The zero-order chi connectivity index (χ0) is 15.1. The van der Waals surface area contributed by atoms with Crippen molar-refractivity contribution in [2.24, 2.45) is 5.92 Å². The van der Waals surface area contributed by atoms with Gasteiger partial charge in [0.05, 0.1) is 14.2 Å². The Kier molecular flexibility index (Phi) is 7.24. The summed E-state index contributed by atoms with van der Waals surface area (Å²) >= 11 is 1.99. The predicted molar refractivity (Wildman–Crippen MR) is 88.1 cm³/mol. The number of benzene rings is 1. The van der Waals surface area contributed by atoms with Crippen LogP contribution in [0.25, 0.3) is 0 Å². The van der Waals surface area contributed by atoms with Gasteiger partial charge in [-0.3, -0.25) is 0 Å². The maximum absolute atomic E-state index is 5.48. The lowest BCUT2D eigenvalue weighted by Crippen LogP contribution is -2.21. The highest BCUT2D eigenvalue weighted by atomic mass is 32.2. The minimum Gasteiger partial charge on any atom is -0.497 e. The van der Waals surface area contributed by atoms with E-state index in [-0.39, 0.29) is 6.04 Å². The molecule has 2 atom stereocenters. The SMILES string of the molecule is CNC(CSC(C)C(C)C)c1cc(OC)ccc1OC. The third kappa shape index (κ3) is 4.60. The van der Waals surface area contributed by atoms with Gasteiger partial charge in [-0.25, -0.2) is 0 Å². The summed E-state index contributed by atoms with van der Waals surface area (Å²) in [5.74, 6) is 3.47. The highest BCUT2D eigenvalue weighted by Crippen LogP contribution is 2.32. The highest BCUT2D eigenvalue weighted by Gasteiger charge is 2.18. The summed E-state index contributed by atoms with van der Waals surface area (Å²) in [6, 6.07) is 6.21. The van der Waals surface area contributed by atoms with Gasteiger partial charge in [-0.15, -0.1) is 0 Å². The van der Waals surface area contributed by atoms with Crippen LogP contribution in [-0.4, -0.2) is 32.3 Å². The summed E-state index contributed by atoms with van der Waals surface area (Å²) in [7, 11) is 5.39. The van der Waals surface area contributed by atoms with E-state index >= 15 is 0 Å². The minimum atomic E-state index is 0.256. The van der Waals surface area contributed by atoms with Crippen LogP contribution < -0.4 is 14.8 Å².